The first-order valence-corrected chi connectivity index (χ1v) is 5.89. The standard InChI is InChI=1S/C10H19N7O2/c1-6(2)19-10-16-8(12-3)15-9(17-10)14-5-4-13-7(11)18/h6H,4-5H2,1-3H3,(H3,11,13,18)(H2,12,14,15,16,17). The third kappa shape index (κ3) is 5.70. The summed E-state index contributed by atoms with van der Waals surface area (Å²) in [5, 5.41) is 8.20. The van der Waals surface area contributed by atoms with Gasteiger partial charge in [0, 0.05) is 20.1 Å². The third-order valence-corrected chi connectivity index (χ3v) is 1.89. The Morgan fingerprint density at radius 3 is 2.53 bits per heavy atom. The molecule has 0 aliphatic carbocycles. The summed E-state index contributed by atoms with van der Waals surface area (Å²) in [6.07, 6.45) is -0.0310. The van der Waals surface area contributed by atoms with Crippen LogP contribution in [0, 0.1) is 0 Å². The summed E-state index contributed by atoms with van der Waals surface area (Å²) in [5.74, 6) is 0.761. The predicted molar refractivity (Wildman–Crippen MR) is 71.2 cm³/mol. The lowest BCUT2D eigenvalue weighted by molar-refractivity contribution is 0.222. The highest BCUT2D eigenvalue weighted by Gasteiger charge is 2.07. The summed E-state index contributed by atoms with van der Waals surface area (Å²) in [6, 6.07) is -0.336. The van der Waals surface area contributed by atoms with Gasteiger partial charge in [0.15, 0.2) is 0 Å². The Morgan fingerprint density at radius 2 is 1.95 bits per heavy atom. The van der Waals surface area contributed by atoms with E-state index < -0.39 is 6.03 Å². The van der Waals surface area contributed by atoms with Crippen LogP contribution in [0.3, 0.4) is 0 Å². The molecular weight excluding hydrogens is 250 g/mol. The van der Waals surface area contributed by atoms with Crippen LogP contribution < -0.4 is 26.4 Å². The lowest BCUT2D eigenvalue weighted by atomic mass is 10.5. The quantitative estimate of drug-likeness (QED) is 0.504. The normalized spacial score (nSPS) is 10.1. The van der Waals surface area contributed by atoms with Crippen molar-refractivity contribution >= 4 is 17.9 Å². The number of hydrogen-bond donors (Lipinski definition) is 4. The van der Waals surface area contributed by atoms with Crippen LogP contribution in [0.2, 0.25) is 0 Å². The Morgan fingerprint density at radius 1 is 1.26 bits per heavy atom. The fourth-order valence-corrected chi connectivity index (χ4v) is 1.17. The van der Waals surface area contributed by atoms with E-state index >= 15 is 0 Å². The van der Waals surface area contributed by atoms with E-state index in [4.69, 9.17) is 10.5 Å². The van der Waals surface area contributed by atoms with Crippen LogP contribution >= 0.6 is 0 Å². The van der Waals surface area contributed by atoms with Crippen molar-refractivity contribution in [3.63, 3.8) is 0 Å². The van der Waals surface area contributed by atoms with Crippen molar-refractivity contribution in [3.8, 4) is 6.01 Å². The van der Waals surface area contributed by atoms with E-state index in [1.165, 1.54) is 0 Å². The fraction of sp³-hybridized carbons (Fsp3) is 0.600. The third-order valence-electron chi connectivity index (χ3n) is 1.89. The Hall–Kier alpha value is -2.32. The van der Waals surface area contributed by atoms with Crippen LogP contribution in [0.25, 0.3) is 0 Å². The molecule has 2 amide bonds. The maximum absolute atomic E-state index is 10.5. The van der Waals surface area contributed by atoms with Crippen molar-refractivity contribution in [2.24, 2.45) is 5.73 Å². The van der Waals surface area contributed by atoms with E-state index in [2.05, 4.69) is 30.9 Å². The lowest BCUT2D eigenvalue weighted by Gasteiger charge is -2.11. The number of nitrogens with zero attached hydrogens (tertiary/aromatic N) is 3. The zero-order valence-corrected chi connectivity index (χ0v) is 11.2. The average molecular weight is 269 g/mol. The highest BCUT2D eigenvalue weighted by molar-refractivity contribution is 5.71. The molecular formula is C10H19N7O2. The molecule has 0 fully saturated rings. The predicted octanol–water partition coefficient (Wildman–Crippen LogP) is -0.219. The van der Waals surface area contributed by atoms with Gasteiger partial charge in [-0.05, 0) is 13.8 Å². The number of carbonyl (C=O) groups excluding carboxylic acids is 1. The molecule has 0 saturated carbocycles. The molecule has 106 valence electrons. The van der Waals surface area contributed by atoms with Gasteiger partial charge in [-0.3, -0.25) is 0 Å². The van der Waals surface area contributed by atoms with Crippen molar-refractivity contribution in [2.45, 2.75) is 20.0 Å². The zero-order valence-electron chi connectivity index (χ0n) is 11.2. The van der Waals surface area contributed by atoms with Gasteiger partial charge in [0.2, 0.25) is 11.9 Å². The zero-order chi connectivity index (χ0) is 14.3. The number of amides is 2. The van der Waals surface area contributed by atoms with Gasteiger partial charge < -0.3 is 26.4 Å². The van der Waals surface area contributed by atoms with E-state index in [1.807, 2.05) is 13.8 Å². The van der Waals surface area contributed by atoms with Gasteiger partial charge >= 0.3 is 12.0 Å². The van der Waals surface area contributed by atoms with Crippen LogP contribution in [0.4, 0.5) is 16.7 Å². The van der Waals surface area contributed by atoms with Gasteiger partial charge in [0.1, 0.15) is 0 Å². The van der Waals surface area contributed by atoms with Crippen molar-refractivity contribution in [2.75, 3.05) is 30.8 Å². The number of primary amides is 1. The lowest BCUT2D eigenvalue weighted by Crippen LogP contribution is -2.33. The molecule has 0 aromatic carbocycles. The molecule has 5 N–H and O–H groups in total. The van der Waals surface area contributed by atoms with E-state index in [0.717, 1.165) is 0 Å². The molecule has 1 aromatic heterocycles. The van der Waals surface area contributed by atoms with E-state index in [1.54, 1.807) is 7.05 Å². The minimum Gasteiger partial charge on any atom is -0.461 e. The van der Waals surface area contributed by atoms with Gasteiger partial charge in [0.05, 0.1) is 6.10 Å². The maximum Gasteiger partial charge on any atom is 0.323 e. The van der Waals surface area contributed by atoms with Crippen molar-refractivity contribution in [1.82, 2.24) is 20.3 Å². The first-order chi connectivity index (χ1) is 9.01. The topological polar surface area (TPSA) is 127 Å². The SMILES string of the molecule is CNc1nc(NCCNC(N)=O)nc(OC(C)C)n1. The fourth-order valence-electron chi connectivity index (χ4n) is 1.17. The van der Waals surface area contributed by atoms with Gasteiger partial charge in [-0.25, -0.2) is 4.79 Å². The van der Waals surface area contributed by atoms with E-state index in [0.29, 0.717) is 25.0 Å². The molecule has 9 heteroatoms. The summed E-state index contributed by atoms with van der Waals surface area (Å²) in [5.41, 5.74) is 4.95. The summed E-state index contributed by atoms with van der Waals surface area (Å²) in [7, 11) is 1.70. The molecule has 0 spiro atoms. The number of anilines is 2. The van der Waals surface area contributed by atoms with Gasteiger partial charge in [-0.2, -0.15) is 15.0 Å². The van der Waals surface area contributed by atoms with Crippen LogP contribution in [-0.4, -0.2) is 47.2 Å². The summed E-state index contributed by atoms with van der Waals surface area (Å²) in [6.45, 7) is 4.58. The van der Waals surface area contributed by atoms with Crippen LogP contribution in [0.5, 0.6) is 6.01 Å². The van der Waals surface area contributed by atoms with Gasteiger partial charge in [0.25, 0.3) is 0 Å². The van der Waals surface area contributed by atoms with Crippen LogP contribution in [0.15, 0.2) is 0 Å². The molecule has 0 saturated heterocycles. The largest absolute Gasteiger partial charge is 0.461 e. The summed E-state index contributed by atoms with van der Waals surface area (Å²) in [4.78, 5) is 22.8. The number of hydrogen-bond acceptors (Lipinski definition) is 7. The van der Waals surface area contributed by atoms with Crippen molar-refractivity contribution < 1.29 is 9.53 Å². The summed E-state index contributed by atoms with van der Waals surface area (Å²) < 4.78 is 5.41. The first kappa shape index (κ1) is 14.7. The van der Waals surface area contributed by atoms with Crippen molar-refractivity contribution in [1.29, 1.82) is 0 Å². The second-order valence-electron chi connectivity index (χ2n) is 3.90. The number of aromatic nitrogens is 3. The number of ether oxygens (including phenoxy) is 1. The van der Waals surface area contributed by atoms with E-state index in [9.17, 15) is 4.79 Å². The molecule has 1 rings (SSSR count). The summed E-state index contributed by atoms with van der Waals surface area (Å²) >= 11 is 0. The highest BCUT2D eigenvalue weighted by atomic mass is 16.5. The van der Waals surface area contributed by atoms with Gasteiger partial charge in [-0.1, -0.05) is 0 Å². The molecule has 0 aliphatic rings. The molecule has 19 heavy (non-hydrogen) atoms. The molecule has 1 aromatic rings. The Bertz CT molecular complexity index is 424. The van der Waals surface area contributed by atoms with Crippen LogP contribution in [0.1, 0.15) is 13.8 Å². The number of nitrogens with two attached hydrogens (primary N) is 1. The van der Waals surface area contributed by atoms with Crippen molar-refractivity contribution in [3.05, 3.63) is 0 Å². The minimum absolute atomic E-state index is 0.0310. The molecule has 0 unspecified atom stereocenters. The molecule has 0 atom stereocenters. The van der Waals surface area contributed by atoms with Gasteiger partial charge in [-0.15, -0.1) is 0 Å². The molecule has 0 bridgehead atoms. The van der Waals surface area contributed by atoms with E-state index in [-0.39, 0.29) is 12.1 Å². The molecule has 9 nitrogen and oxygen atoms in total. The number of carbonyl (C=O) groups is 1. The minimum atomic E-state index is -0.572. The number of urea groups is 1. The highest BCUT2D eigenvalue weighted by Crippen LogP contribution is 2.11. The Balaban J connectivity index is 2.63. The Labute approximate surface area is 111 Å². The maximum atomic E-state index is 10.5. The molecule has 0 aliphatic heterocycles. The number of rotatable bonds is 7. The Kier molecular flexibility index (Phi) is 5.58. The second-order valence-corrected chi connectivity index (χ2v) is 3.90. The van der Waals surface area contributed by atoms with Crippen LogP contribution in [-0.2, 0) is 0 Å². The number of nitrogens with one attached hydrogen (secondary N) is 3. The molecule has 1 heterocycles. The molecule has 0 radical (unpaired) electrons. The monoisotopic (exact) mass is 269 g/mol. The second kappa shape index (κ2) is 7.19. The average Bonchev–Trinajstić information content (AvgIpc) is 2.33. The first-order valence-electron chi connectivity index (χ1n) is 5.89. The smallest absolute Gasteiger partial charge is 0.323 e.